The van der Waals surface area contributed by atoms with Crippen molar-refractivity contribution >= 4 is 70.5 Å². The van der Waals surface area contributed by atoms with Gasteiger partial charge in [0.25, 0.3) is 0 Å². The van der Waals surface area contributed by atoms with Crippen LogP contribution in [0.4, 0.5) is 17.1 Å². The van der Waals surface area contributed by atoms with Gasteiger partial charge >= 0.3 is 0 Å². The van der Waals surface area contributed by atoms with Crippen LogP contribution in [0.3, 0.4) is 0 Å². The fourth-order valence-corrected chi connectivity index (χ4v) is 8.63. The molecule has 2 nitrogen and oxygen atoms in total. The quantitative estimate of drug-likeness (QED) is 0.175. The maximum atomic E-state index is 6.56. The van der Waals surface area contributed by atoms with E-state index in [0.717, 1.165) is 44.6 Å². The Hall–Kier alpha value is -6.42. The minimum atomic E-state index is 0.914. The molecule has 0 aliphatic carbocycles. The van der Waals surface area contributed by atoms with Gasteiger partial charge in [-0.1, -0.05) is 127 Å². The van der Waals surface area contributed by atoms with E-state index < -0.39 is 0 Å². The van der Waals surface area contributed by atoms with Crippen LogP contribution in [0.25, 0.3) is 75.5 Å². The summed E-state index contributed by atoms with van der Waals surface area (Å²) in [6.45, 7) is 0. The first-order chi connectivity index (χ1) is 25.3. The normalized spacial score (nSPS) is 11.5. The zero-order chi connectivity index (χ0) is 33.7. The van der Waals surface area contributed by atoms with E-state index in [2.05, 4.69) is 187 Å². The first kappa shape index (κ1) is 29.5. The summed E-state index contributed by atoms with van der Waals surface area (Å²) >= 11 is 1.86. The molecule has 0 radical (unpaired) electrons. The Morgan fingerprint density at radius 3 is 1.69 bits per heavy atom. The van der Waals surface area contributed by atoms with E-state index in [4.69, 9.17) is 4.42 Å². The van der Waals surface area contributed by atoms with Crippen molar-refractivity contribution < 1.29 is 4.42 Å². The van der Waals surface area contributed by atoms with Gasteiger partial charge < -0.3 is 9.32 Å². The summed E-state index contributed by atoms with van der Waals surface area (Å²) < 4.78 is 9.13. The van der Waals surface area contributed by atoms with Crippen LogP contribution in [0.5, 0.6) is 0 Å². The Kier molecular flexibility index (Phi) is 7.04. The second-order valence-corrected chi connectivity index (χ2v) is 14.0. The molecule has 10 rings (SSSR count). The van der Waals surface area contributed by atoms with Gasteiger partial charge in [-0.25, -0.2) is 0 Å². The highest BCUT2D eigenvalue weighted by atomic mass is 32.1. The van der Waals surface area contributed by atoms with E-state index in [1.165, 1.54) is 48.0 Å². The lowest BCUT2D eigenvalue weighted by Gasteiger charge is -2.26. The van der Waals surface area contributed by atoms with Gasteiger partial charge in [-0.2, -0.15) is 0 Å². The van der Waals surface area contributed by atoms with E-state index >= 15 is 0 Å². The van der Waals surface area contributed by atoms with Crippen LogP contribution < -0.4 is 4.90 Å². The van der Waals surface area contributed by atoms with Crippen molar-refractivity contribution in [3.8, 4) is 33.4 Å². The number of nitrogens with zero attached hydrogens (tertiary/aromatic N) is 1. The van der Waals surface area contributed by atoms with E-state index in [0.29, 0.717) is 0 Å². The molecule has 0 unspecified atom stereocenters. The number of para-hydroxylation sites is 3. The van der Waals surface area contributed by atoms with Crippen molar-refractivity contribution in [3.63, 3.8) is 0 Å². The molecule has 0 N–H and O–H groups in total. The van der Waals surface area contributed by atoms with Crippen LogP contribution in [0.1, 0.15) is 0 Å². The lowest BCUT2D eigenvalue weighted by atomic mass is 9.95. The molecule has 0 amide bonds. The molecule has 51 heavy (non-hydrogen) atoms. The zero-order valence-corrected chi connectivity index (χ0v) is 28.5. The number of hydrogen-bond donors (Lipinski definition) is 0. The summed E-state index contributed by atoms with van der Waals surface area (Å²) in [5.74, 6) is 0. The maximum absolute atomic E-state index is 6.56. The molecule has 0 aliphatic rings. The highest BCUT2D eigenvalue weighted by Gasteiger charge is 2.19. The number of hydrogen-bond acceptors (Lipinski definition) is 3. The van der Waals surface area contributed by atoms with Gasteiger partial charge in [-0.3, -0.25) is 0 Å². The monoisotopic (exact) mass is 669 g/mol. The highest BCUT2D eigenvalue weighted by Crippen LogP contribution is 2.46. The van der Waals surface area contributed by atoms with Gasteiger partial charge in [0.15, 0.2) is 0 Å². The van der Waals surface area contributed by atoms with Crippen LogP contribution in [0.15, 0.2) is 192 Å². The number of thiophene rings is 1. The van der Waals surface area contributed by atoms with E-state index in [1.807, 2.05) is 17.4 Å². The van der Waals surface area contributed by atoms with Gasteiger partial charge in [-0.15, -0.1) is 11.3 Å². The van der Waals surface area contributed by atoms with Crippen LogP contribution in [0, 0.1) is 0 Å². The number of anilines is 3. The second-order valence-electron chi connectivity index (χ2n) is 12.9. The largest absolute Gasteiger partial charge is 0.455 e. The third kappa shape index (κ3) is 5.10. The summed E-state index contributed by atoms with van der Waals surface area (Å²) in [7, 11) is 0. The third-order valence-electron chi connectivity index (χ3n) is 9.88. The minimum Gasteiger partial charge on any atom is -0.455 e. The molecule has 0 atom stereocenters. The topological polar surface area (TPSA) is 16.4 Å². The van der Waals surface area contributed by atoms with Crippen LogP contribution in [0.2, 0.25) is 0 Å². The Labute approximate surface area is 300 Å². The van der Waals surface area contributed by atoms with Crippen LogP contribution >= 0.6 is 11.3 Å². The van der Waals surface area contributed by atoms with Crippen molar-refractivity contribution in [2.75, 3.05) is 4.90 Å². The number of rotatable bonds is 6. The van der Waals surface area contributed by atoms with E-state index in [9.17, 15) is 0 Å². The summed E-state index contributed by atoms with van der Waals surface area (Å²) in [6, 6.07) is 67.3. The fourth-order valence-electron chi connectivity index (χ4n) is 7.41. The number of fused-ring (bicyclic) bond motifs is 6. The molecule has 0 bridgehead atoms. The van der Waals surface area contributed by atoms with Crippen molar-refractivity contribution in [2.45, 2.75) is 0 Å². The van der Waals surface area contributed by atoms with Gasteiger partial charge in [-0.05, 0) is 82.9 Å². The summed E-state index contributed by atoms with van der Waals surface area (Å²) in [5.41, 5.74) is 12.3. The van der Waals surface area contributed by atoms with Crippen molar-refractivity contribution in [2.24, 2.45) is 0 Å². The molecule has 0 fully saturated rings. The molecule has 0 saturated heterocycles. The predicted octanol–water partition coefficient (Wildman–Crippen LogP) is 14.4. The lowest BCUT2D eigenvalue weighted by molar-refractivity contribution is 0.670. The molecule has 0 spiro atoms. The molecule has 240 valence electrons. The maximum Gasteiger partial charge on any atom is 0.143 e. The van der Waals surface area contributed by atoms with E-state index in [1.54, 1.807) is 0 Å². The molecular weight excluding hydrogens is 639 g/mol. The molecule has 10 aromatic rings. The first-order valence-electron chi connectivity index (χ1n) is 17.3. The Bertz CT molecular complexity index is 2830. The fraction of sp³-hybridized carbons (Fsp3) is 0. The van der Waals surface area contributed by atoms with Crippen molar-refractivity contribution in [1.82, 2.24) is 0 Å². The second kappa shape index (κ2) is 12.2. The molecule has 2 aromatic heterocycles. The van der Waals surface area contributed by atoms with Gasteiger partial charge in [0.2, 0.25) is 0 Å². The Balaban J connectivity index is 1.11. The molecule has 0 saturated carbocycles. The first-order valence-corrected chi connectivity index (χ1v) is 18.1. The average molecular weight is 670 g/mol. The van der Waals surface area contributed by atoms with E-state index in [-0.39, 0.29) is 0 Å². The molecule has 2 heterocycles. The molecule has 8 aromatic carbocycles. The lowest BCUT2D eigenvalue weighted by Crippen LogP contribution is -2.09. The van der Waals surface area contributed by atoms with Gasteiger partial charge in [0, 0.05) is 59.1 Å². The Morgan fingerprint density at radius 2 is 0.941 bits per heavy atom. The molecule has 3 heteroatoms. The SMILES string of the molecule is c1ccc(-c2ccc(N(c3ccccc3)c3ccc(-c4cc(-c5cccc6c5oc5ccccc56)c5sc6ccccc6c5c4)cc3)cc2)cc1. The standard InChI is InChI=1S/C48H31NOS/c1-3-12-32(13-4-1)33-22-26-37(27-23-33)49(36-14-5-2-6-15-36)38-28-24-34(25-29-38)35-30-43-40-17-8-10-21-46(40)51-48(43)44(31-35)42-19-11-18-41-39-16-7-9-20-45(39)50-47(41)42/h1-31H. The van der Waals surface area contributed by atoms with Crippen molar-refractivity contribution in [1.29, 1.82) is 0 Å². The predicted molar refractivity (Wildman–Crippen MR) is 218 cm³/mol. The zero-order valence-electron chi connectivity index (χ0n) is 27.7. The summed E-state index contributed by atoms with van der Waals surface area (Å²) in [5, 5.41) is 4.84. The minimum absolute atomic E-state index is 0.914. The van der Waals surface area contributed by atoms with Crippen molar-refractivity contribution in [3.05, 3.63) is 188 Å². The molecule has 0 aliphatic heterocycles. The smallest absolute Gasteiger partial charge is 0.143 e. The summed E-state index contributed by atoms with van der Waals surface area (Å²) in [4.78, 5) is 2.32. The number of furan rings is 1. The van der Waals surface area contributed by atoms with Gasteiger partial charge in [0.05, 0.1) is 0 Å². The third-order valence-corrected chi connectivity index (χ3v) is 11.1. The van der Waals surface area contributed by atoms with Gasteiger partial charge in [0.1, 0.15) is 11.2 Å². The van der Waals surface area contributed by atoms with Crippen LogP contribution in [-0.2, 0) is 0 Å². The average Bonchev–Trinajstić information content (AvgIpc) is 3.78. The van der Waals surface area contributed by atoms with Crippen LogP contribution in [-0.4, -0.2) is 0 Å². The highest BCUT2D eigenvalue weighted by molar-refractivity contribution is 7.26. The Morgan fingerprint density at radius 1 is 0.373 bits per heavy atom. The molecular formula is C48H31NOS. The summed E-state index contributed by atoms with van der Waals surface area (Å²) in [6.07, 6.45) is 0. The number of benzene rings is 8.